The first-order valence-corrected chi connectivity index (χ1v) is 10.8. The highest BCUT2D eigenvalue weighted by Crippen LogP contribution is 2.60. The number of nitrogens with one attached hydrogen (secondary N) is 1. The molecule has 1 saturated carbocycles. The summed E-state index contributed by atoms with van der Waals surface area (Å²) >= 11 is 20.5. The van der Waals surface area contributed by atoms with Crippen molar-refractivity contribution in [2.24, 2.45) is 17.3 Å². The van der Waals surface area contributed by atoms with E-state index in [9.17, 15) is 4.79 Å². The topological polar surface area (TPSA) is 54.9 Å². The lowest BCUT2D eigenvalue weighted by Gasteiger charge is -2.02. The minimum absolute atomic E-state index is 0.0227. The minimum atomic E-state index is -0.182. The number of carbonyl (C=O) groups excluding carboxylic acids is 1. The van der Waals surface area contributed by atoms with Gasteiger partial charge < -0.3 is 5.32 Å². The maximum atomic E-state index is 12.5. The highest BCUT2D eigenvalue weighted by Gasteiger charge is 2.60. The molecule has 0 aliphatic heterocycles. The first-order valence-electron chi connectivity index (χ1n) is 7.82. The fourth-order valence-electron chi connectivity index (χ4n) is 2.88. The van der Waals surface area contributed by atoms with Crippen molar-refractivity contribution in [3.05, 3.63) is 45.4 Å². The maximum Gasteiger partial charge on any atom is 0.230 e. The van der Waals surface area contributed by atoms with Crippen LogP contribution in [0.1, 0.15) is 19.4 Å². The molecule has 1 aromatic carbocycles. The second kappa shape index (κ2) is 8.07. The summed E-state index contributed by atoms with van der Waals surface area (Å²) < 4.78 is 0.961. The Morgan fingerprint density at radius 3 is 2.77 bits per heavy atom. The van der Waals surface area contributed by atoms with Gasteiger partial charge >= 0.3 is 0 Å². The maximum absolute atomic E-state index is 12.5. The van der Waals surface area contributed by atoms with Crippen molar-refractivity contribution in [3.8, 4) is 0 Å². The van der Waals surface area contributed by atoms with Crippen LogP contribution >= 0.6 is 57.9 Å². The van der Waals surface area contributed by atoms with Gasteiger partial charge in [-0.2, -0.15) is 0 Å². The standard InChI is InChI=1S/C17H16Cl3N3OS2/c1-17(2)10(7-12(19)20)13(17)14(24)21-15-22-23-16(26-15)25-8-9-5-3-4-6-11(9)18/h3-7,10,13H,8H2,1-2H3,(H,21,22,24)/t10-,13-/m0/s1. The zero-order chi connectivity index (χ0) is 18.9. The molecule has 1 amide bonds. The zero-order valence-corrected chi connectivity index (χ0v) is 17.9. The van der Waals surface area contributed by atoms with E-state index in [4.69, 9.17) is 34.8 Å². The highest BCUT2D eigenvalue weighted by atomic mass is 35.5. The van der Waals surface area contributed by atoms with Crippen molar-refractivity contribution in [2.45, 2.75) is 23.9 Å². The molecule has 0 spiro atoms. The Morgan fingerprint density at radius 2 is 2.08 bits per heavy atom. The van der Waals surface area contributed by atoms with Gasteiger partial charge in [0.15, 0.2) is 4.34 Å². The first kappa shape index (κ1) is 20.0. The molecule has 1 N–H and O–H groups in total. The Labute approximate surface area is 175 Å². The number of anilines is 1. The lowest BCUT2D eigenvalue weighted by Crippen LogP contribution is -2.16. The van der Waals surface area contributed by atoms with Crippen LogP contribution in [-0.2, 0) is 10.5 Å². The van der Waals surface area contributed by atoms with E-state index >= 15 is 0 Å². The predicted octanol–water partition coefficient (Wildman–Crippen LogP) is 6.01. The van der Waals surface area contributed by atoms with Crippen molar-refractivity contribution in [1.29, 1.82) is 0 Å². The van der Waals surface area contributed by atoms with Crippen LogP contribution in [0, 0.1) is 17.3 Å². The molecule has 1 fully saturated rings. The van der Waals surface area contributed by atoms with E-state index in [1.807, 2.05) is 38.1 Å². The molecular formula is C17H16Cl3N3OS2. The molecule has 9 heteroatoms. The van der Waals surface area contributed by atoms with Gasteiger partial charge in [0, 0.05) is 10.8 Å². The van der Waals surface area contributed by atoms with Gasteiger partial charge in [0.1, 0.15) is 4.49 Å². The van der Waals surface area contributed by atoms with Crippen LogP contribution in [0.4, 0.5) is 5.13 Å². The van der Waals surface area contributed by atoms with Crippen LogP contribution in [0.25, 0.3) is 0 Å². The Kier molecular flexibility index (Phi) is 6.19. The Balaban J connectivity index is 1.58. The summed E-state index contributed by atoms with van der Waals surface area (Å²) in [4.78, 5) is 12.5. The Morgan fingerprint density at radius 1 is 1.35 bits per heavy atom. The fourth-order valence-corrected chi connectivity index (χ4v) is 5.19. The van der Waals surface area contributed by atoms with Gasteiger partial charge in [0.2, 0.25) is 11.0 Å². The van der Waals surface area contributed by atoms with E-state index in [1.54, 1.807) is 6.08 Å². The third-order valence-electron chi connectivity index (χ3n) is 4.44. The summed E-state index contributed by atoms with van der Waals surface area (Å²) in [6.07, 6.45) is 1.72. The predicted molar refractivity (Wildman–Crippen MR) is 110 cm³/mol. The van der Waals surface area contributed by atoms with Gasteiger partial charge in [-0.1, -0.05) is 89.9 Å². The number of carbonyl (C=O) groups is 1. The summed E-state index contributed by atoms with van der Waals surface area (Å²) in [6.45, 7) is 4.03. The molecule has 0 unspecified atom stereocenters. The van der Waals surface area contributed by atoms with Gasteiger partial charge in [-0.25, -0.2) is 0 Å². The molecule has 1 aromatic heterocycles. The number of hydrogen-bond donors (Lipinski definition) is 1. The summed E-state index contributed by atoms with van der Waals surface area (Å²) in [6, 6.07) is 7.68. The number of thioether (sulfide) groups is 1. The molecule has 26 heavy (non-hydrogen) atoms. The zero-order valence-electron chi connectivity index (χ0n) is 14.0. The van der Waals surface area contributed by atoms with Gasteiger partial charge in [0.25, 0.3) is 0 Å². The van der Waals surface area contributed by atoms with Gasteiger partial charge in [-0.05, 0) is 29.0 Å². The number of amides is 1. The molecule has 3 rings (SSSR count). The van der Waals surface area contributed by atoms with Crippen molar-refractivity contribution in [2.75, 3.05) is 5.32 Å². The quantitative estimate of drug-likeness (QED) is 0.434. The number of benzene rings is 1. The van der Waals surface area contributed by atoms with Crippen molar-refractivity contribution in [3.63, 3.8) is 0 Å². The molecule has 138 valence electrons. The van der Waals surface area contributed by atoms with E-state index < -0.39 is 0 Å². The fraction of sp³-hybridized carbons (Fsp3) is 0.353. The monoisotopic (exact) mass is 447 g/mol. The van der Waals surface area contributed by atoms with E-state index in [-0.39, 0.29) is 27.6 Å². The van der Waals surface area contributed by atoms with Crippen LogP contribution in [0.2, 0.25) is 5.02 Å². The average Bonchev–Trinajstić information content (AvgIpc) is 2.90. The first-order chi connectivity index (χ1) is 12.3. The normalized spacial score (nSPS) is 20.5. The number of hydrogen-bond acceptors (Lipinski definition) is 5. The molecule has 1 aliphatic rings. The molecule has 1 aliphatic carbocycles. The van der Waals surface area contributed by atoms with Crippen LogP contribution in [-0.4, -0.2) is 16.1 Å². The van der Waals surface area contributed by atoms with Gasteiger partial charge in [-0.3, -0.25) is 4.79 Å². The third-order valence-corrected chi connectivity index (χ3v) is 7.09. The molecule has 0 bridgehead atoms. The summed E-state index contributed by atoms with van der Waals surface area (Å²) in [5.41, 5.74) is 0.859. The van der Waals surface area contributed by atoms with Crippen LogP contribution < -0.4 is 5.32 Å². The Bertz CT molecular complexity index is 849. The summed E-state index contributed by atoms with van der Waals surface area (Å²) in [5.74, 6) is 0.441. The molecule has 1 heterocycles. The molecule has 4 nitrogen and oxygen atoms in total. The molecule has 0 radical (unpaired) electrons. The number of rotatable bonds is 6. The lowest BCUT2D eigenvalue weighted by molar-refractivity contribution is -0.118. The van der Waals surface area contributed by atoms with Gasteiger partial charge in [0.05, 0.1) is 5.92 Å². The second-order valence-electron chi connectivity index (χ2n) is 6.52. The number of halogens is 3. The van der Waals surface area contributed by atoms with E-state index in [2.05, 4.69) is 15.5 Å². The van der Waals surface area contributed by atoms with E-state index in [1.165, 1.54) is 23.1 Å². The molecule has 2 aromatic rings. The molecule has 0 saturated heterocycles. The molecule has 2 atom stereocenters. The number of nitrogens with zero attached hydrogens (tertiary/aromatic N) is 2. The summed E-state index contributed by atoms with van der Waals surface area (Å²) in [5, 5.41) is 12.2. The largest absolute Gasteiger partial charge is 0.300 e. The SMILES string of the molecule is CC1(C)[C@H](C(=O)Nc2nnc(SCc3ccccc3Cl)s2)[C@@H]1C=C(Cl)Cl. The lowest BCUT2D eigenvalue weighted by atomic mass is 10.1. The van der Waals surface area contributed by atoms with Crippen molar-refractivity contribution in [1.82, 2.24) is 10.2 Å². The smallest absolute Gasteiger partial charge is 0.230 e. The highest BCUT2D eigenvalue weighted by molar-refractivity contribution is 8.00. The van der Waals surface area contributed by atoms with E-state index in [0.717, 1.165) is 14.9 Å². The van der Waals surface area contributed by atoms with E-state index in [0.29, 0.717) is 10.9 Å². The molecular weight excluding hydrogens is 433 g/mol. The number of aromatic nitrogens is 2. The van der Waals surface area contributed by atoms with Gasteiger partial charge in [-0.15, -0.1) is 10.2 Å². The van der Waals surface area contributed by atoms with Crippen molar-refractivity contribution >= 4 is 68.9 Å². The number of allylic oxidation sites excluding steroid dienone is 1. The van der Waals surface area contributed by atoms with Crippen LogP contribution in [0.5, 0.6) is 0 Å². The Hall–Kier alpha value is -0.790. The average molecular weight is 449 g/mol. The second-order valence-corrected chi connectivity index (χ2v) is 10.1. The summed E-state index contributed by atoms with van der Waals surface area (Å²) in [7, 11) is 0. The third kappa shape index (κ3) is 4.54. The van der Waals surface area contributed by atoms with Crippen molar-refractivity contribution < 1.29 is 4.79 Å². The van der Waals surface area contributed by atoms with Crippen LogP contribution in [0.15, 0.2) is 39.2 Å². The van der Waals surface area contributed by atoms with Crippen LogP contribution in [0.3, 0.4) is 0 Å². The minimum Gasteiger partial charge on any atom is -0.300 e.